The Hall–Kier alpha value is -3.15. The van der Waals surface area contributed by atoms with Crippen molar-refractivity contribution in [1.82, 2.24) is 5.32 Å². The number of ether oxygens (including phenoxy) is 1. The number of carbonyl (C=O) groups excluding carboxylic acids is 3. The molecule has 27 heavy (non-hydrogen) atoms. The van der Waals surface area contributed by atoms with Crippen LogP contribution in [0.2, 0.25) is 0 Å². The maximum absolute atomic E-state index is 12.3. The van der Waals surface area contributed by atoms with E-state index >= 15 is 0 Å². The zero-order valence-electron chi connectivity index (χ0n) is 15.4. The molecule has 2 amide bonds. The van der Waals surface area contributed by atoms with Crippen LogP contribution in [0.15, 0.2) is 42.5 Å². The smallest absolute Gasteiger partial charge is 0.338 e. The Morgan fingerprint density at radius 2 is 1.78 bits per heavy atom. The second kappa shape index (κ2) is 8.03. The van der Waals surface area contributed by atoms with E-state index < -0.39 is 18.5 Å². The summed E-state index contributed by atoms with van der Waals surface area (Å²) in [5.74, 6) is -1.28. The summed E-state index contributed by atoms with van der Waals surface area (Å²) in [6, 6.07) is 12.2. The molecule has 0 radical (unpaired) electrons. The van der Waals surface area contributed by atoms with Crippen molar-refractivity contribution in [1.29, 1.82) is 0 Å². The number of hydrogen-bond donors (Lipinski definition) is 2. The van der Waals surface area contributed by atoms with Crippen LogP contribution in [0.5, 0.6) is 0 Å². The molecule has 140 valence electrons. The Labute approximate surface area is 157 Å². The van der Waals surface area contributed by atoms with Crippen molar-refractivity contribution in [3.63, 3.8) is 0 Å². The number of aryl methyl sites for hydroxylation is 2. The second-order valence-corrected chi connectivity index (χ2v) is 6.72. The number of amides is 2. The number of benzene rings is 2. The van der Waals surface area contributed by atoms with E-state index in [9.17, 15) is 14.4 Å². The van der Waals surface area contributed by atoms with Gasteiger partial charge in [-0.2, -0.15) is 0 Å². The van der Waals surface area contributed by atoms with Gasteiger partial charge in [0.1, 0.15) is 0 Å². The Morgan fingerprint density at radius 1 is 1.04 bits per heavy atom. The molecule has 1 aliphatic rings. The lowest BCUT2D eigenvalue weighted by Gasteiger charge is -2.11. The van der Waals surface area contributed by atoms with E-state index in [0.717, 1.165) is 24.0 Å². The predicted molar refractivity (Wildman–Crippen MR) is 102 cm³/mol. The minimum absolute atomic E-state index is 0.222. The van der Waals surface area contributed by atoms with Crippen molar-refractivity contribution in [2.45, 2.75) is 32.7 Å². The lowest BCUT2D eigenvalue weighted by molar-refractivity contribution is -0.119. The lowest BCUT2D eigenvalue weighted by Crippen LogP contribution is -2.28. The molecule has 0 aromatic heterocycles. The molecule has 0 spiro atoms. The monoisotopic (exact) mass is 366 g/mol. The summed E-state index contributed by atoms with van der Waals surface area (Å²) in [5.41, 5.74) is 3.23. The van der Waals surface area contributed by atoms with Crippen LogP contribution in [0.1, 0.15) is 44.7 Å². The summed E-state index contributed by atoms with van der Waals surface area (Å²) >= 11 is 0. The topological polar surface area (TPSA) is 84.5 Å². The standard InChI is InChI=1S/C21H22N2O4/c1-13-7-8-15(11-14(13)2)21(26)27-12-19(24)23-18-6-4-3-5-17(18)20(25)22-16-9-10-16/h3-8,11,16H,9-10,12H2,1-2H3,(H,22,25)(H,23,24). The van der Waals surface area contributed by atoms with Crippen LogP contribution in [-0.4, -0.2) is 30.4 Å². The van der Waals surface area contributed by atoms with Crippen LogP contribution >= 0.6 is 0 Å². The highest BCUT2D eigenvalue weighted by molar-refractivity contribution is 6.04. The van der Waals surface area contributed by atoms with Crippen molar-refractivity contribution in [3.05, 3.63) is 64.7 Å². The van der Waals surface area contributed by atoms with Crippen molar-refractivity contribution in [2.75, 3.05) is 11.9 Å². The number of hydrogen-bond acceptors (Lipinski definition) is 4. The zero-order chi connectivity index (χ0) is 19.4. The summed E-state index contributed by atoms with van der Waals surface area (Å²) in [6.45, 7) is 3.43. The Balaban J connectivity index is 1.58. The third-order valence-electron chi connectivity index (χ3n) is 4.44. The third-order valence-corrected chi connectivity index (χ3v) is 4.44. The molecule has 1 saturated carbocycles. The van der Waals surface area contributed by atoms with Crippen LogP contribution in [0.3, 0.4) is 0 Å². The van der Waals surface area contributed by atoms with Crippen LogP contribution in [0.4, 0.5) is 5.69 Å². The van der Waals surface area contributed by atoms with Crippen LogP contribution in [0.25, 0.3) is 0 Å². The Morgan fingerprint density at radius 3 is 2.48 bits per heavy atom. The number of para-hydroxylation sites is 1. The molecule has 6 heteroatoms. The average Bonchev–Trinajstić information content (AvgIpc) is 3.46. The van der Waals surface area contributed by atoms with Crippen LogP contribution in [-0.2, 0) is 9.53 Å². The molecule has 3 rings (SSSR count). The number of rotatable bonds is 6. The Bertz CT molecular complexity index is 888. The van der Waals surface area contributed by atoms with Gasteiger partial charge in [0.05, 0.1) is 16.8 Å². The molecular weight excluding hydrogens is 344 g/mol. The molecule has 0 unspecified atom stereocenters. The van der Waals surface area contributed by atoms with E-state index in [1.807, 2.05) is 19.9 Å². The van der Waals surface area contributed by atoms with Gasteiger partial charge in [0, 0.05) is 6.04 Å². The van der Waals surface area contributed by atoms with Gasteiger partial charge in [0.2, 0.25) is 0 Å². The van der Waals surface area contributed by atoms with Crippen molar-refractivity contribution in [3.8, 4) is 0 Å². The number of anilines is 1. The molecule has 2 N–H and O–H groups in total. The van der Waals surface area contributed by atoms with Gasteiger partial charge in [0.25, 0.3) is 11.8 Å². The number of nitrogens with one attached hydrogen (secondary N) is 2. The van der Waals surface area contributed by atoms with Gasteiger partial charge in [-0.05, 0) is 62.1 Å². The van der Waals surface area contributed by atoms with Crippen molar-refractivity contribution < 1.29 is 19.1 Å². The van der Waals surface area contributed by atoms with Gasteiger partial charge >= 0.3 is 5.97 Å². The van der Waals surface area contributed by atoms with Gasteiger partial charge in [-0.3, -0.25) is 9.59 Å². The average molecular weight is 366 g/mol. The summed E-state index contributed by atoms with van der Waals surface area (Å²) in [5, 5.41) is 5.53. The zero-order valence-corrected chi connectivity index (χ0v) is 15.4. The SMILES string of the molecule is Cc1ccc(C(=O)OCC(=O)Nc2ccccc2C(=O)NC2CC2)cc1C. The largest absolute Gasteiger partial charge is 0.452 e. The van der Waals surface area contributed by atoms with E-state index in [1.54, 1.807) is 36.4 Å². The quantitative estimate of drug-likeness (QED) is 0.770. The molecule has 1 fully saturated rings. The highest BCUT2D eigenvalue weighted by Gasteiger charge is 2.25. The molecule has 0 heterocycles. The second-order valence-electron chi connectivity index (χ2n) is 6.72. The fraction of sp³-hybridized carbons (Fsp3) is 0.286. The van der Waals surface area contributed by atoms with Crippen LogP contribution in [0, 0.1) is 13.8 Å². The van der Waals surface area contributed by atoms with Gasteiger partial charge in [0.15, 0.2) is 6.61 Å². The van der Waals surface area contributed by atoms with E-state index in [1.165, 1.54) is 0 Å². The molecule has 0 aliphatic heterocycles. The highest BCUT2D eigenvalue weighted by atomic mass is 16.5. The first kappa shape index (κ1) is 18.6. The molecular formula is C21H22N2O4. The normalized spacial score (nSPS) is 13.0. The molecule has 6 nitrogen and oxygen atoms in total. The van der Waals surface area contributed by atoms with Gasteiger partial charge < -0.3 is 15.4 Å². The number of esters is 1. The third kappa shape index (κ3) is 4.94. The maximum Gasteiger partial charge on any atom is 0.338 e. The minimum Gasteiger partial charge on any atom is -0.452 e. The number of carbonyl (C=O) groups is 3. The molecule has 0 atom stereocenters. The lowest BCUT2D eigenvalue weighted by atomic mass is 10.1. The van der Waals surface area contributed by atoms with E-state index in [-0.39, 0.29) is 11.9 Å². The molecule has 0 saturated heterocycles. The molecule has 2 aromatic rings. The Kier molecular flexibility index (Phi) is 5.54. The highest BCUT2D eigenvalue weighted by Crippen LogP contribution is 2.21. The van der Waals surface area contributed by atoms with Crippen molar-refractivity contribution >= 4 is 23.5 Å². The van der Waals surface area contributed by atoms with Gasteiger partial charge in [-0.25, -0.2) is 4.79 Å². The fourth-order valence-electron chi connectivity index (χ4n) is 2.55. The van der Waals surface area contributed by atoms with E-state index in [2.05, 4.69) is 10.6 Å². The minimum atomic E-state index is -0.562. The first-order valence-corrected chi connectivity index (χ1v) is 8.88. The molecule has 2 aromatic carbocycles. The van der Waals surface area contributed by atoms with Gasteiger partial charge in [-0.15, -0.1) is 0 Å². The van der Waals surface area contributed by atoms with E-state index in [4.69, 9.17) is 4.74 Å². The van der Waals surface area contributed by atoms with Crippen molar-refractivity contribution in [2.24, 2.45) is 0 Å². The van der Waals surface area contributed by atoms with Crippen LogP contribution < -0.4 is 10.6 Å². The molecule has 1 aliphatic carbocycles. The first-order valence-electron chi connectivity index (χ1n) is 8.88. The predicted octanol–water partition coefficient (Wildman–Crippen LogP) is 2.99. The summed E-state index contributed by atoms with van der Waals surface area (Å²) in [4.78, 5) is 36.5. The summed E-state index contributed by atoms with van der Waals surface area (Å²) in [7, 11) is 0. The molecule has 0 bridgehead atoms. The maximum atomic E-state index is 12.3. The van der Waals surface area contributed by atoms with E-state index in [0.29, 0.717) is 16.8 Å². The summed E-state index contributed by atoms with van der Waals surface area (Å²) in [6.07, 6.45) is 1.96. The van der Waals surface area contributed by atoms with Gasteiger partial charge in [-0.1, -0.05) is 18.2 Å². The first-order chi connectivity index (χ1) is 12.9. The fourth-order valence-corrected chi connectivity index (χ4v) is 2.55. The summed E-state index contributed by atoms with van der Waals surface area (Å²) < 4.78 is 5.08.